The fraction of sp³-hybridized carbons (Fsp3) is 0.810. The maximum atomic E-state index is 12.7. The standard InChI is InChI=1S/C21H35N3O5/c1-14(25)23-18(21(28)29)13-22-20(27)17-5-3-4-16(12-17)19(26)7-6-15-8-10-24(2)11-9-15/h15-18H,3-13H2,1-2H3,(H,22,27)(H,23,25)(H,28,29)/t16?,17-,18?/m1/s1. The van der Waals surface area contributed by atoms with Crippen molar-refractivity contribution >= 4 is 23.6 Å². The van der Waals surface area contributed by atoms with E-state index in [1.165, 1.54) is 6.92 Å². The maximum Gasteiger partial charge on any atom is 0.328 e. The highest BCUT2D eigenvalue weighted by Crippen LogP contribution is 2.32. The number of hydrogen-bond acceptors (Lipinski definition) is 5. The van der Waals surface area contributed by atoms with E-state index >= 15 is 0 Å². The highest BCUT2D eigenvalue weighted by molar-refractivity contribution is 5.85. The average Bonchev–Trinajstić information content (AvgIpc) is 2.69. The van der Waals surface area contributed by atoms with E-state index in [0.29, 0.717) is 25.2 Å². The summed E-state index contributed by atoms with van der Waals surface area (Å²) in [6.45, 7) is 3.28. The van der Waals surface area contributed by atoms with Gasteiger partial charge in [-0.1, -0.05) is 6.42 Å². The first-order chi connectivity index (χ1) is 13.8. The number of piperidine rings is 1. The molecule has 0 radical (unpaired) electrons. The number of carboxylic acid groups (broad SMARTS) is 1. The zero-order chi connectivity index (χ0) is 21.4. The predicted octanol–water partition coefficient (Wildman–Crippen LogP) is 1.19. The van der Waals surface area contributed by atoms with Crippen LogP contribution in [0.1, 0.15) is 58.3 Å². The predicted molar refractivity (Wildman–Crippen MR) is 108 cm³/mol. The molecule has 0 spiro atoms. The molecule has 0 bridgehead atoms. The van der Waals surface area contributed by atoms with E-state index in [9.17, 15) is 19.2 Å². The minimum Gasteiger partial charge on any atom is -0.480 e. The van der Waals surface area contributed by atoms with Crippen molar-refractivity contribution in [3.05, 3.63) is 0 Å². The minimum atomic E-state index is -1.19. The SMILES string of the molecule is CC(=O)NC(CNC(=O)[C@@H]1CCCC(C(=O)CCC2CCN(C)CC2)C1)C(=O)O. The van der Waals surface area contributed by atoms with Gasteiger partial charge in [-0.2, -0.15) is 0 Å². The number of hydrogen-bond donors (Lipinski definition) is 3. The van der Waals surface area contributed by atoms with Gasteiger partial charge >= 0.3 is 5.97 Å². The Morgan fingerprint density at radius 1 is 1.07 bits per heavy atom. The van der Waals surface area contributed by atoms with E-state index in [1.807, 2.05) is 0 Å². The molecule has 1 heterocycles. The summed E-state index contributed by atoms with van der Waals surface area (Å²) in [5.41, 5.74) is 0. The summed E-state index contributed by atoms with van der Waals surface area (Å²) in [4.78, 5) is 49.7. The van der Waals surface area contributed by atoms with Gasteiger partial charge in [-0.05, 0) is 64.6 Å². The van der Waals surface area contributed by atoms with Crippen LogP contribution in [0.15, 0.2) is 0 Å². The van der Waals surface area contributed by atoms with Crippen LogP contribution in [-0.4, -0.2) is 66.3 Å². The van der Waals surface area contributed by atoms with E-state index < -0.39 is 17.9 Å². The molecule has 1 saturated heterocycles. The van der Waals surface area contributed by atoms with Crippen LogP contribution < -0.4 is 10.6 Å². The molecule has 1 saturated carbocycles. The number of Topliss-reactive ketones (excluding diaryl/α,β-unsaturated/α-hetero) is 1. The van der Waals surface area contributed by atoms with Gasteiger partial charge in [0.25, 0.3) is 0 Å². The zero-order valence-corrected chi connectivity index (χ0v) is 17.6. The molecule has 0 aromatic heterocycles. The third kappa shape index (κ3) is 7.76. The van der Waals surface area contributed by atoms with Crippen LogP contribution in [0, 0.1) is 17.8 Å². The van der Waals surface area contributed by atoms with Crippen LogP contribution in [0.25, 0.3) is 0 Å². The normalized spacial score (nSPS) is 24.5. The van der Waals surface area contributed by atoms with E-state index in [-0.39, 0.29) is 30.1 Å². The van der Waals surface area contributed by atoms with Gasteiger partial charge in [0, 0.05) is 31.7 Å². The lowest BCUT2D eigenvalue weighted by atomic mass is 9.77. The third-order valence-corrected chi connectivity index (χ3v) is 6.29. The van der Waals surface area contributed by atoms with Crippen LogP contribution in [-0.2, 0) is 19.2 Å². The van der Waals surface area contributed by atoms with Crippen LogP contribution in [0.5, 0.6) is 0 Å². The Morgan fingerprint density at radius 3 is 2.34 bits per heavy atom. The van der Waals surface area contributed by atoms with Crippen LogP contribution >= 0.6 is 0 Å². The van der Waals surface area contributed by atoms with Crippen molar-refractivity contribution in [2.45, 2.75) is 64.3 Å². The van der Waals surface area contributed by atoms with Crippen molar-refractivity contribution < 1.29 is 24.3 Å². The Hall–Kier alpha value is -1.96. The Balaban J connectivity index is 1.76. The van der Waals surface area contributed by atoms with Crippen LogP contribution in [0.3, 0.4) is 0 Å². The first-order valence-electron chi connectivity index (χ1n) is 10.7. The molecule has 2 aliphatic rings. The zero-order valence-electron chi connectivity index (χ0n) is 17.6. The van der Waals surface area contributed by atoms with E-state index in [1.54, 1.807) is 0 Å². The van der Waals surface area contributed by atoms with Gasteiger partial charge in [-0.15, -0.1) is 0 Å². The summed E-state index contributed by atoms with van der Waals surface area (Å²) in [6, 6.07) is -1.15. The number of ketones is 1. The molecule has 8 heteroatoms. The van der Waals surface area contributed by atoms with Gasteiger partial charge in [0.1, 0.15) is 11.8 Å². The molecule has 0 aromatic carbocycles. The molecule has 0 aromatic rings. The molecule has 3 atom stereocenters. The minimum absolute atomic E-state index is 0.0728. The van der Waals surface area contributed by atoms with Gasteiger partial charge in [-0.25, -0.2) is 4.79 Å². The van der Waals surface area contributed by atoms with Crippen molar-refractivity contribution in [3.8, 4) is 0 Å². The lowest BCUT2D eigenvalue weighted by molar-refractivity contribution is -0.141. The number of amides is 2. The first kappa shape index (κ1) is 23.3. The lowest BCUT2D eigenvalue weighted by Gasteiger charge is -2.30. The molecular weight excluding hydrogens is 374 g/mol. The fourth-order valence-electron chi connectivity index (χ4n) is 4.41. The monoisotopic (exact) mass is 409 g/mol. The summed E-state index contributed by atoms with van der Waals surface area (Å²) in [5.74, 6) is -1.33. The second-order valence-corrected chi connectivity index (χ2v) is 8.65. The van der Waals surface area contributed by atoms with E-state index in [0.717, 1.165) is 45.2 Å². The van der Waals surface area contributed by atoms with Crippen LogP contribution in [0.4, 0.5) is 0 Å². The topological polar surface area (TPSA) is 116 Å². The summed E-state index contributed by atoms with van der Waals surface area (Å²) >= 11 is 0. The molecule has 2 rings (SSSR count). The average molecular weight is 410 g/mol. The molecule has 1 aliphatic carbocycles. The van der Waals surface area contributed by atoms with Crippen LogP contribution in [0.2, 0.25) is 0 Å². The Morgan fingerprint density at radius 2 is 1.72 bits per heavy atom. The van der Waals surface area contributed by atoms with Crippen molar-refractivity contribution in [1.82, 2.24) is 15.5 Å². The largest absolute Gasteiger partial charge is 0.480 e. The van der Waals surface area contributed by atoms with Crippen molar-refractivity contribution in [2.24, 2.45) is 17.8 Å². The number of rotatable bonds is 9. The number of nitrogens with zero attached hydrogens (tertiary/aromatic N) is 1. The fourth-order valence-corrected chi connectivity index (χ4v) is 4.41. The highest BCUT2D eigenvalue weighted by atomic mass is 16.4. The van der Waals surface area contributed by atoms with Gasteiger partial charge in [0.05, 0.1) is 0 Å². The Labute approximate surface area is 172 Å². The molecule has 2 unspecified atom stereocenters. The smallest absolute Gasteiger partial charge is 0.328 e. The van der Waals surface area contributed by atoms with E-state index in [2.05, 4.69) is 22.6 Å². The summed E-state index contributed by atoms with van der Waals surface area (Å²) < 4.78 is 0. The molecule has 29 heavy (non-hydrogen) atoms. The molecule has 3 N–H and O–H groups in total. The van der Waals surface area contributed by atoms with Crippen molar-refractivity contribution in [2.75, 3.05) is 26.7 Å². The molecule has 8 nitrogen and oxygen atoms in total. The summed E-state index contributed by atoms with van der Waals surface area (Å²) in [5, 5.41) is 14.1. The van der Waals surface area contributed by atoms with Crippen molar-refractivity contribution in [3.63, 3.8) is 0 Å². The van der Waals surface area contributed by atoms with E-state index in [4.69, 9.17) is 5.11 Å². The van der Waals surface area contributed by atoms with Gasteiger partial charge in [-0.3, -0.25) is 14.4 Å². The third-order valence-electron chi connectivity index (χ3n) is 6.29. The number of likely N-dealkylation sites (tertiary alicyclic amines) is 1. The van der Waals surface area contributed by atoms with Gasteiger partial charge < -0.3 is 20.6 Å². The lowest BCUT2D eigenvalue weighted by Crippen LogP contribution is -2.49. The quantitative estimate of drug-likeness (QED) is 0.527. The van der Waals surface area contributed by atoms with Gasteiger partial charge in [0.15, 0.2) is 0 Å². The Kier molecular flexibility index (Phi) is 9.07. The summed E-state index contributed by atoms with van der Waals surface area (Å²) in [6.07, 6.45) is 6.75. The Bertz CT molecular complexity index is 601. The number of carbonyl (C=O) groups excluding carboxylic acids is 3. The van der Waals surface area contributed by atoms with Crippen molar-refractivity contribution in [1.29, 1.82) is 0 Å². The maximum absolute atomic E-state index is 12.7. The summed E-state index contributed by atoms with van der Waals surface area (Å²) in [7, 11) is 2.13. The second-order valence-electron chi connectivity index (χ2n) is 8.65. The molecular formula is C21H35N3O5. The second kappa shape index (κ2) is 11.3. The van der Waals surface area contributed by atoms with Gasteiger partial charge in [0.2, 0.25) is 11.8 Å². The number of carbonyl (C=O) groups is 4. The molecule has 164 valence electrons. The number of aliphatic carboxylic acids is 1. The molecule has 1 aliphatic heterocycles. The highest BCUT2D eigenvalue weighted by Gasteiger charge is 2.32. The number of carboxylic acids is 1. The first-order valence-corrected chi connectivity index (χ1v) is 10.7. The molecule has 2 fully saturated rings. The number of nitrogens with one attached hydrogen (secondary N) is 2. The molecule has 2 amide bonds.